The molecule has 0 saturated heterocycles. The minimum atomic E-state index is -0.821. The summed E-state index contributed by atoms with van der Waals surface area (Å²) in [5.41, 5.74) is 0. The van der Waals surface area contributed by atoms with Crippen LogP contribution in [-0.4, -0.2) is 37.2 Å². The Balaban J connectivity index is 4.49. The lowest BCUT2D eigenvalue weighted by Gasteiger charge is -2.18. The third-order valence-corrected chi connectivity index (χ3v) is 12.2. The van der Waals surface area contributed by atoms with Crippen LogP contribution < -0.4 is 0 Å². The van der Waals surface area contributed by atoms with Crippen molar-refractivity contribution < 1.29 is 28.6 Å². The lowest BCUT2D eigenvalue weighted by atomic mass is 10.1. The molecule has 0 aromatic rings. The highest BCUT2D eigenvalue weighted by Gasteiger charge is 2.19. The van der Waals surface area contributed by atoms with Gasteiger partial charge in [-0.05, 0) is 148 Å². The van der Waals surface area contributed by atoms with E-state index in [0.29, 0.717) is 19.3 Å². The summed E-state index contributed by atoms with van der Waals surface area (Å²) in [5.74, 6) is -1.00. The van der Waals surface area contributed by atoms with Gasteiger partial charge in [-0.1, -0.05) is 237 Å². The number of hydrogen-bond donors (Lipinski definition) is 0. The van der Waals surface area contributed by atoms with Gasteiger partial charge in [0.1, 0.15) is 13.2 Å². The Bertz CT molecular complexity index is 1720. The molecular weight excluding hydrogens is 937 g/mol. The van der Waals surface area contributed by atoms with E-state index in [4.69, 9.17) is 14.2 Å². The largest absolute Gasteiger partial charge is 0.462 e. The first-order valence-electron chi connectivity index (χ1n) is 30.5. The van der Waals surface area contributed by atoms with Gasteiger partial charge in [0.25, 0.3) is 0 Å². The Morgan fingerprint density at radius 1 is 0.276 bits per heavy atom. The second-order valence-electron chi connectivity index (χ2n) is 19.5. The maximum Gasteiger partial charge on any atom is 0.306 e. The summed E-state index contributed by atoms with van der Waals surface area (Å²) in [6, 6.07) is 0. The third-order valence-electron chi connectivity index (χ3n) is 12.2. The zero-order valence-corrected chi connectivity index (χ0v) is 48.7. The van der Waals surface area contributed by atoms with Crippen LogP contribution in [-0.2, 0) is 28.6 Å². The van der Waals surface area contributed by atoms with Crippen molar-refractivity contribution in [2.75, 3.05) is 13.2 Å². The van der Waals surface area contributed by atoms with E-state index in [2.05, 4.69) is 179 Å². The molecule has 0 aliphatic carbocycles. The van der Waals surface area contributed by atoms with Crippen LogP contribution >= 0.6 is 0 Å². The molecule has 0 rings (SSSR count). The quantitative estimate of drug-likeness (QED) is 0.0261. The lowest BCUT2D eigenvalue weighted by molar-refractivity contribution is -0.167. The van der Waals surface area contributed by atoms with E-state index in [-0.39, 0.29) is 37.5 Å². The van der Waals surface area contributed by atoms with E-state index in [1.165, 1.54) is 57.8 Å². The molecule has 1 unspecified atom stereocenters. The number of unbranched alkanes of at least 4 members (excludes halogenated alkanes) is 16. The van der Waals surface area contributed by atoms with E-state index in [1.54, 1.807) is 0 Å². The molecule has 6 nitrogen and oxygen atoms in total. The lowest BCUT2D eigenvalue weighted by Crippen LogP contribution is -2.30. The van der Waals surface area contributed by atoms with Crippen molar-refractivity contribution in [2.45, 2.75) is 252 Å². The standard InChI is InChI=1S/C70H110O6/c1-4-7-10-13-16-19-22-25-27-29-31-32-33-34-35-36-37-38-39-41-42-45-48-51-54-57-60-63-69(72)75-66-67(65-74-68(71)62-59-56-53-50-47-44-24-21-18-15-12-9-6-3)76-70(73)64-61-58-55-52-49-46-43-40-30-28-26-23-20-17-14-11-8-5-2/h7,9-10,12,16,18-21,23,25,27-28,30-32,34-35,37-38,41-42,44,47-48,51,67H,4-6,8,11,13-15,17,22,24,26,29,33,36,39-40,43,45-46,49-50,52-66H2,1-3H3/b10-7-,12-9-,19-16-,21-18-,23-20-,27-25-,30-28-,32-31-,35-34-,38-37-,42-41-,47-44-,51-48-. The molecule has 0 N–H and O–H groups in total. The highest BCUT2D eigenvalue weighted by Crippen LogP contribution is 2.13. The van der Waals surface area contributed by atoms with Crippen LogP contribution in [0.25, 0.3) is 0 Å². The molecule has 6 heteroatoms. The number of allylic oxidation sites excluding steroid dienone is 26. The number of hydrogen-bond acceptors (Lipinski definition) is 6. The SMILES string of the molecule is CC/C=C\C/C=C\C/C=C\C/C=C\C/C=C\C/C=C\C/C=C\C/C=C\CCCCC(=O)OCC(COC(=O)CCCCC/C=C\C/C=C\C/C=C\CC)OC(=O)CCCCCCCCC/C=C\C/C=C\CCCCCC. The van der Waals surface area contributed by atoms with Gasteiger partial charge in [-0.25, -0.2) is 0 Å². The second kappa shape index (κ2) is 62.6. The topological polar surface area (TPSA) is 78.9 Å². The average Bonchev–Trinajstić information content (AvgIpc) is 3.42. The molecule has 0 radical (unpaired) electrons. The first kappa shape index (κ1) is 71.0. The molecular formula is C70H110O6. The number of esters is 3. The van der Waals surface area contributed by atoms with Gasteiger partial charge in [-0.15, -0.1) is 0 Å². The molecule has 0 aliphatic rings. The van der Waals surface area contributed by atoms with Crippen molar-refractivity contribution >= 4 is 17.9 Å². The first-order valence-corrected chi connectivity index (χ1v) is 30.5. The van der Waals surface area contributed by atoms with E-state index < -0.39 is 6.10 Å². The van der Waals surface area contributed by atoms with Crippen LogP contribution in [0.3, 0.4) is 0 Å². The second-order valence-corrected chi connectivity index (χ2v) is 19.5. The molecule has 426 valence electrons. The maximum atomic E-state index is 12.9. The van der Waals surface area contributed by atoms with Gasteiger partial charge in [0.05, 0.1) is 0 Å². The van der Waals surface area contributed by atoms with E-state index >= 15 is 0 Å². The zero-order chi connectivity index (χ0) is 55.0. The normalized spacial score (nSPS) is 13.2. The minimum Gasteiger partial charge on any atom is -0.462 e. The van der Waals surface area contributed by atoms with Gasteiger partial charge in [-0.3, -0.25) is 14.4 Å². The van der Waals surface area contributed by atoms with Gasteiger partial charge < -0.3 is 14.2 Å². The highest BCUT2D eigenvalue weighted by molar-refractivity contribution is 5.71. The number of ether oxygens (including phenoxy) is 3. The number of rotatable bonds is 53. The fourth-order valence-electron chi connectivity index (χ4n) is 7.74. The Kier molecular flexibility index (Phi) is 58.5. The molecule has 0 aliphatic heterocycles. The molecule has 0 saturated carbocycles. The van der Waals surface area contributed by atoms with E-state index in [1.807, 2.05) is 0 Å². The number of carbonyl (C=O) groups is 3. The summed E-state index contributed by atoms with van der Waals surface area (Å²) < 4.78 is 16.8. The third kappa shape index (κ3) is 59.9. The highest BCUT2D eigenvalue weighted by atomic mass is 16.6. The van der Waals surface area contributed by atoms with Crippen molar-refractivity contribution in [3.05, 3.63) is 158 Å². The zero-order valence-electron chi connectivity index (χ0n) is 48.7. The average molecular weight is 1050 g/mol. The Labute approximate surface area is 467 Å². The fraction of sp³-hybridized carbons (Fsp3) is 0.586. The van der Waals surface area contributed by atoms with Crippen LogP contribution in [0, 0.1) is 0 Å². The van der Waals surface area contributed by atoms with Crippen LogP contribution in [0.4, 0.5) is 0 Å². The van der Waals surface area contributed by atoms with E-state index in [9.17, 15) is 14.4 Å². The molecule has 0 spiro atoms. The summed E-state index contributed by atoms with van der Waals surface area (Å²) in [7, 11) is 0. The van der Waals surface area contributed by atoms with Crippen molar-refractivity contribution in [1.29, 1.82) is 0 Å². The molecule has 0 aromatic heterocycles. The van der Waals surface area contributed by atoms with Gasteiger partial charge in [0.15, 0.2) is 6.10 Å². The van der Waals surface area contributed by atoms with Gasteiger partial charge in [-0.2, -0.15) is 0 Å². The smallest absolute Gasteiger partial charge is 0.306 e. The predicted octanol–water partition coefficient (Wildman–Crippen LogP) is 20.9. The Morgan fingerprint density at radius 3 is 0.842 bits per heavy atom. The summed E-state index contributed by atoms with van der Waals surface area (Å²) in [6.45, 7) is 6.31. The van der Waals surface area contributed by atoms with Crippen molar-refractivity contribution in [3.63, 3.8) is 0 Å². The van der Waals surface area contributed by atoms with Gasteiger partial charge >= 0.3 is 17.9 Å². The molecule has 0 fully saturated rings. The van der Waals surface area contributed by atoms with Gasteiger partial charge in [0.2, 0.25) is 0 Å². The van der Waals surface area contributed by atoms with Crippen molar-refractivity contribution in [3.8, 4) is 0 Å². The molecule has 0 heterocycles. The molecule has 0 amide bonds. The first-order chi connectivity index (χ1) is 37.5. The van der Waals surface area contributed by atoms with Crippen LogP contribution in [0.15, 0.2) is 158 Å². The molecule has 1 atom stereocenters. The molecule has 0 bridgehead atoms. The summed E-state index contributed by atoms with van der Waals surface area (Å²) >= 11 is 0. The Hall–Kier alpha value is -4.97. The molecule has 0 aromatic carbocycles. The summed E-state index contributed by atoms with van der Waals surface area (Å²) in [4.78, 5) is 38.2. The summed E-state index contributed by atoms with van der Waals surface area (Å²) in [5, 5.41) is 0. The minimum absolute atomic E-state index is 0.117. The van der Waals surface area contributed by atoms with Gasteiger partial charge in [0, 0.05) is 19.3 Å². The van der Waals surface area contributed by atoms with Crippen molar-refractivity contribution in [2.24, 2.45) is 0 Å². The maximum absolute atomic E-state index is 12.9. The monoisotopic (exact) mass is 1050 g/mol. The van der Waals surface area contributed by atoms with Crippen molar-refractivity contribution in [1.82, 2.24) is 0 Å². The number of carbonyl (C=O) groups excluding carboxylic acids is 3. The fourth-order valence-corrected chi connectivity index (χ4v) is 7.74. The van der Waals surface area contributed by atoms with Crippen LogP contribution in [0.2, 0.25) is 0 Å². The van der Waals surface area contributed by atoms with Crippen LogP contribution in [0.1, 0.15) is 245 Å². The predicted molar refractivity (Wildman–Crippen MR) is 329 cm³/mol. The Morgan fingerprint density at radius 2 is 0.513 bits per heavy atom. The van der Waals surface area contributed by atoms with Crippen LogP contribution in [0.5, 0.6) is 0 Å². The van der Waals surface area contributed by atoms with E-state index in [0.717, 1.165) is 141 Å². The summed E-state index contributed by atoms with van der Waals surface area (Å²) in [6.07, 6.45) is 91.0. The molecule has 76 heavy (non-hydrogen) atoms.